The highest BCUT2D eigenvalue weighted by atomic mass is 32.1. The van der Waals surface area contributed by atoms with E-state index < -0.39 is 0 Å². The Morgan fingerprint density at radius 2 is 2.05 bits per heavy atom. The van der Waals surface area contributed by atoms with Crippen LogP contribution in [0.25, 0.3) is 0 Å². The fourth-order valence-corrected chi connectivity index (χ4v) is 4.56. The monoisotopic (exact) mass is 291 g/mol. The van der Waals surface area contributed by atoms with Crippen LogP contribution in [0, 0.1) is 24.7 Å². The summed E-state index contributed by atoms with van der Waals surface area (Å²) in [5.74, 6) is 3.43. The standard InChI is InChI=1S/C18H29NS/c1-12(2)14-4-5-15(10-19-17-6-7-17)18(9-14)16-8-13(3)20-11-16/h8,11-12,14-15,17-19H,4-7,9-10H2,1-3H3. The molecule has 0 aromatic carbocycles. The molecule has 2 aliphatic carbocycles. The number of thiophene rings is 1. The predicted molar refractivity (Wildman–Crippen MR) is 88.5 cm³/mol. The maximum absolute atomic E-state index is 3.78. The zero-order valence-corrected chi connectivity index (χ0v) is 14.0. The molecule has 2 heteroatoms. The fraction of sp³-hybridized carbons (Fsp3) is 0.778. The highest BCUT2D eigenvalue weighted by molar-refractivity contribution is 7.10. The molecule has 20 heavy (non-hydrogen) atoms. The first kappa shape index (κ1) is 14.6. The quantitative estimate of drug-likeness (QED) is 0.808. The molecule has 112 valence electrons. The van der Waals surface area contributed by atoms with Crippen LogP contribution in [0.1, 0.15) is 62.3 Å². The molecule has 2 fully saturated rings. The van der Waals surface area contributed by atoms with E-state index in [-0.39, 0.29) is 0 Å². The van der Waals surface area contributed by atoms with Gasteiger partial charge in [-0.3, -0.25) is 0 Å². The molecule has 2 aliphatic rings. The van der Waals surface area contributed by atoms with Crippen molar-refractivity contribution in [2.45, 2.75) is 64.8 Å². The Bertz CT molecular complexity index is 432. The van der Waals surface area contributed by atoms with E-state index in [1.54, 1.807) is 5.56 Å². The van der Waals surface area contributed by atoms with Crippen molar-refractivity contribution in [1.82, 2.24) is 5.32 Å². The van der Waals surface area contributed by atoms with Crippen molar-refractivity contribution in [2.24, 2.45) is 17.8 Å². The van der Waals surface area contributed by atoms with Crippen LogP contribution in [-0.4, -0.2) is 12.6 Å². The maximum atomic E-state index is 3.78. The van der Waals surface area contributed by atoms with Gasteiger partial charge < -0.3 is 5.32 Å². The van der Waals surface area contributed by atoms with E-state index in [4.69, 9.17) is 0 Å². The van der Waals surface area contributed by atoms with Gasteiger partial charge in [0.05, 0.1) is 0 Å². The Morgan fingerprint density at radius 3 is 2.65 bits per heavy atom. The minimum atomic E-state index is 0.798. The summed E-state index contributed by atoms with van der Waals surface area (Å²) in [6, 6.07) is 3.30. The first-order valence-corrected chi connectivity index (χ1v) is 9.30. The zero-order valence-electron chi connectivity index (χ0n) is 13.2. The third kappa shape index (κ3) is 3.46. The normalized spacial score (nSPS) is 30.9. The summed E-state index contributed by atoms with van der Waals surface area (Å²) in [6.45, 7) is 8.30. The van der Waals surface area contributed by atoms with Gasteiger partial charge >= 0.3 is 0 Å². The average molecular weight is 292 g/mol. The summed E-state index contributed by atoms with van der Waals surface area (Å²) >= 11 is 1.93. The molecule has 3 unspecified atom stereocenters. The van der Waals surface area contributed by atoms with E-state index in [0.717, 1.165) is 29.7 Å². The smallest absolute Gasteiger partial charge is 0.00683 e. The molecule has 1 aromatic rings. The Kier molecular flexibility index (Phi) is 4.52. The minimum absolute atomic E-state index is 0.798. The summed E-state index contributed by atoms with van der Waals surface area (Å²) in [5, 5.41) is 6.20. The largest absolute Gasteiger partial charge is 0.314 e. The Balaban J connectivity index is 1.70. The van der Waals surface area contributed by atoms with Gasteiger partial charge in [-0.25, -0.2) is 0 Å². The second-order valence-electron chi connectivity index (χ2n) is 7.36. The predicted octanol–water partition coefficient (Wildman–Crippen LogP) is 4.96. The number of hydrogen-bond donors (Lipinski definition) is 1. The summed E-state index contributed by atoms with van der Waals surface area (Å²) in [7, 11) is 0. The lowest BCUT2D eigenvalue weighted by Gasteiger charge is -2.38. The summed E-state index contributed by atoms with van der Waals surface area (Å²) < 4.78 is 0. The van der Waals surface area contributed by atoms with Gasteiger partial charge in [-0.2, -0.15) is 0 Å². The molecule has 2 saturated carbocycles. The Morgan fingerprint density at radius 1 is 1.25 bits per heavy atom. The highest BCUT2D eigenvalue weighted by Gasteiger charge is 2.34. The van der Waals surface area contributed by atoms with Crippen molar-refractivity contribution in [2.75, 3.05) is 6.54 Å². The number of hydrogen-bond acceptors (Lipinski definition) is 2. The summed E-state index contributed by atoms with van der Waals surface area (Å²) in [5.41, 5.74) is 1.63. The van der Waals surface area contributed by atoms with Crippen LogP contribution in [0.2, 0.25) is 0 Å². The van der Waals surface area contributed by atoms with Gasteiger partial charge in [0.15, 0.2) is 0 Å². The van der Waals surface area contributed by atoms with Crippen LogP contribution in [0.5, 0.6) is 0 Å². The second kappa shape index (κ2) is 6.19. The number of rotatable bonds is 5. The van der Waals surface area contributed by atoms with Crippen LogP contribution >= 0.6 is 11.3 Å². The molecule has 0 radical (unpaired) electrons. The van der Waals surface area contributed by atoms with Crippen LogP contribution < -0.4 is 5.32 Å². The van der Waals surface area contributed by atoms with E-state index in [1.165, 1.54) is 43.5 Å². The molecule has 1 N–H and O–H groups in total. The molecular formula is C18H29NS. The fourth-order valence-electron chi connectivity index (χ4n) is 3.79. The van der Waals surface area contributed by atoms with Crippen LogP contribution in [0.15, 0.2) is 11.4 Å². The molecule has 3 atom stereocenters. The molecule has 1 heterocycles. The summed E-state index contributed by atoms with van der Waals surface area (Å²) in [6.07, 6.45) is 7.08. The van der Waals surface area contributed by atoms with Crippen molar-refractivity contribution in [3.63, 3.8) is 0 Å². The Hall–Kier alpha value is -0.340. The number of nitrogens with one attached hydrogen (secondary N) is 1. The molecular weight excluding hydrogens is 262 g/mol. The Labute approximate surface area is 128 Å². The second-order valence-corrected chi connectivity index (χ2v) is 8.47. The third-order valence-electron chi connectivity index (χ3n) is 5.40. The van der Waals surface area contributed by atoms with Gasteiger partial charge in [0.2, 0.25) is 0 Å². The third-order valence-corrected chi connectivity index (χ3v) is 6.28. The van der Waals surface area contributed by atoms with Gasteiger partial charge in [0.1, 0.15) is 0 Å². The lowest BCUT2D eigenvalue weighted by Crippen LogP contribution is -2.34. The first-order chi connectivity index (χ1) is 9.63. The van der Waals surface area contributed by atoms with Crippen molar-refractivity contribution >= 4 is 11.3 Å². The van der Waals surface area contributed by atoms with Gasteiger partial charge in [0, 0.05) is 10.9 Å². The molecule has 0 amide bonds. The van der Waals surface area contributed by atoms with E-state index in [0.29, 0.717) is 0 Å². The molecule has 0 bridgehead atoms. The topological polar surface area (TPSA) is 12.0 Å². The van der Waals surface area contributed by atoms with Crippen molar-refractivity contribution in [3.8, 4) is 0 Å². The average Bonchev–Trinajstić information content (AvgIpc) is 3.16. The molecule has 0 saturated heterocycles. The SMILES string of the molecule is Cc1cc(C2CC(C(C)C)CCC2CNC2CC2)cs1. The van der Waals surface area contributed by atoms with Gasteiger partial charge in [-0.15, -0.1) is 11.3 Å². The minimum Gasteiger partial charge on any atom is -0.314 e. The maximum Gasteiger partial charge on any atom is 0.00683 e. The van der Waals surface area contributed by atoms with Crippen molar-refractivity contribution in [3.05, 3.63) is 21.9 Å². The lowest BCUT2D eigenvalue weighted by atomic mass is 9.68. The number of aryl methyl sites for hydroxylation is 1. The van der Waals surface area contributed by atoms with E-state index in [1.807, 2.05) is 11.3 Å². The van der Waals surface area contributed by atoms with Crippen LogP contribution in [0.3, 0.4) is 0 Å². The highest BCUT2D eigenvalue weighted by Crippen LogP contribution is 2.44. The van der Waals surface area contributed by atoms with E-state index in [2.05, 4.69) is 37.5 Å². The van der Waals surface area contributed by atoms with E-state index >= 15 is 0 Å². The first-order valence-electron chi connectivity index (χ1n) is 8.42. The molecule has 1 aromatic heterocycles. The zero-order chi connectivity index (χ0) is 14.1. The van der Waals surface area contributed by atoms with E-state index in [9.17, 15) is 0 Å². The molecule has 0 aliphatic heterocycles. The van der Waals surface area contributed by atoms with Crippen LogP contribution in [-0.2, 0) is 0 Å². The molecule has 0 spiro atoms. The molecule has 3 rings (SSSR count). The van der Waals surface area contributed by atoms with Gasteiger partial charge in [-0.05, 0) is 86.3 Å². The lowest BCUT2D eigenvalue weighted by molar-refractivity contribution is 0.190. The molecule has 1 nitrogen and oxygen atoms in total. The summed E-state index contributed by atoms with van der Waals surface area (Å²) in [4.78, 5) is 1.47. The van der Waals surface area contributed by atoms with Gasteiger partial charge in [-0.1, -0.05) is 13.8 Å². The van der Waals surface area contributed by atoms with Crippen molar-refractivity contribution in [1.29, 1.82) is 0 Å². The van der Waals surface area contributed by atoms with Crippen LogP contribution in [0.4, 0.5) is 0 Å². The van der Waals surface area contributed by atoms with Crippen molar-refractivity contribution < 1.29 is 0 Å². The van der Waals surface area contributed by atoms with Gasteiger partial charge in [0.25, 0.3) is 0 Å².